The Bertz CT molecular complexity index is 177. The molecule has 0 aromatic rings. The first-order valence-corrected chi connectivity index (χ1v) is 4.24. The highest BCUT2D eigenvalue weighted by atomic mass is 16.1. The van der Waals surface area contributed by atoms with E-state index in [9.17, 15) is 4.79 Å². The summed E-state index contributed by atoms with van der Waals surface area (Å²) in [7, 11) is 0. The van der Waals surface area contributed by atoms with Gasteiger partial charge in [0.2, 0.25) is 0 Å². The van der Waals surface area contributed by atoms with Crippen LogP contribution < -0.4 is 0 Å². The second-order valence-electron chi connectivity index (χ2n) is 2.81. The van der Waals surface area contributed by atoms with Crippen molar-refractivity contribution >= 4 is 5.78 Å². The number of carbonyl (C=O) groups is 1. The normalized spacial score (nSPS) is 26.0. The molecule has 0 aromatic heterocycles. The molecule has 0 N–H and O–H groups in total. The summed E-state index contributed by atoms with van der Waals surface area (Å²) < 4.78 is 0. The molecule has 0 spiro atoms. The maximum absolute atomic E-state index is 11.0. The lowest BCUT2D eigenvalue weighted by atomic mass is 10.1. The van der Waals surface area contributed by atoms with Crippen LogP contribution in [0.5, 0.6) is 0 Å². The number of rotatable bonds is 0. The summed E-state index contributed by atoms with van der Waals surface area (Å²) in [5, 5.41) is 0. The molecule has 0 unspecified atom stereocenters. The lowest BCUT2D eigenvalue weighted by Crippen LogP contribution is -1.91. The minimum Gasteiger partial charge on any atom is -0.295 e. The smallest absolute Gasteiger partial charge is 0.155 e. The van der Waals surface area contributed by atoms with E-state index >= 15 is 0 Å². The first kappa shape index (κ1) is 8.25. The molecular formula is C10H14O. The van der Waals surface area contributed by atoms with E-state index in [-0.39, 0.29) is 5.78 Å². The highest BCUT2D eigenvalue weighted by Gasteiger charge is 1.94. The van der Waals surface area contributed by atoms with Crippen LogP contribution in [0.1, 0.15) is 32.1 Å². The second kappa shape index (κ2) is 4.89. The Kier molecular flexibility index (Phi) is 3.67. The van der Waals surface area contributed by atoms with Gasteiger partial charge in [0.25, 0.3) is 0 Å². The average Bonchev–Trinajstić information content (AvgIpc) is 2.03. The molecule has 1 aliphatic carbocycles. The topological polar surface area (TPSA) is 17.1 Å². The van der Waals surface area contributed by atoms with Gasteiger partial charge < -0.3 is 0 Å². The molecule has 0 saturated carbocycles. The van der Waals surface area contributed by atoms with Gasteiger partial charge in [0.1, 0.15) is 0 Å². The molecule has 1 aliphatic rings. The quantitative estimate of drug-likeness (QED) is 0.485. The summed E-state index contributed by atoms with van der Waals surface area (Å²) in [6.45, 7) is 0. The van der Waals surface area contributed by atoms with Gasteiger partial charge in [-0.05, 0) is 31.8 Å². The third-order valence-electron chi connectivity index (χ3n) is 1.77. The van der Waals surface area contributed by atoms with Crippen LogP contribution in [0.2, 0.25) is 0 Å². The van der Waals surface area contributed by atoms with Crippen LogP contribution in [0.3, 0.4) is 0 Å². The highest BCUT2D eigenvalue weighted by molar-refractivity contribution is 5.89. The zero-order chi connectivity index (χ0) is 7.94. The van der Waals surface area contributed by atoms with Crippen molar-refractivity contribution in [2.75, 3.05) is 0 Å². The van der Waals surface area contributed by atoms with Gasteiger partial charge in [-0.3, -0.25) is 4.79 Å². The first-order chi connectivity index (χ1) is 5.39. The molecule has 11 heavy (non-hydrogen) atoms. The van der Waals surface area contributed by atoms with Crippen LogP contribution >= 0.6 is 0 Å². The number of carbonyl (C=O) groups excluding carboxylic acids is 1. The molecule has 0 heterocycles. The van der Waals surface area contributed by atoms with E-state index in [4.69, 9.17) is 0 Å². The van der Waals surface area contributed by atoms with Crippen molar-refractivity contribution in [3.05, 3.63) is 24.3 Å². The van der Waals surface area contributed by atoms with Crippen LogP contribution in [-0.2, 0) is 4.79 Å². The summed E-state index contributed by atoms with van der Waals surface area (Å²) in [5.74, 6) is 0.261. The summed E-state index contributed by atoms with van der Waals surface area (Å²) >= 11 is 0. The Morgan fingerprint density at radius 3 is 2.64 bits per heavy atom. The third-order valence-corrected chi connectivity index (χ3v) is 1.77. The van der Waals surface area contributed by atoms with Crippen molar-refractivity contribution < 1.29 is 4.79 Å². The molecule has 0 atom stereocenters. The van der Waals surface area contributed by atoms with Crippen LogP contribution in [0.25, 0.3) is 0 Å². The van der Waals surface area contributed by atoms with Crippen LogP contribution in [-0.4, -0.2) is 5.78 Å². The molecular weight excluding hydrogens is 136 g/mol. The van der Waals surface area contributed by atoms with Gasteiger partial charge in [0, 0.05) is 6.42 Å². The molecule has 0 bridgehead atoms. The Labute approximate surface area is 67.8 Å². The Hall–Kier alpha value is -0.850. The van der Waals surface area contributed by atoms with Gasteiger partial charge in [-0.25, -0.2) is 0 Å². The van der Waals surface area contributed by atoms with Gasteiger partial charge in [-0.15, -0.1) is 0 Å². The molecule has 0 aliphatic heterocycles. The molecule has 0 aromatic carbocycles. The van der Waals surface area contributed by atoms with E-state index in [1.54, 1.807) is 6.08 Å². The second-order valence-corrected chi connectivity index (χ2v) is 2.81. The fourth-order valence-corrected chi connectivity index (χ4v) is 1.11. The number of hydrogen-bond donors (Lipinski definition) is 0. The molecule has 0 saturated heterocycles. The van der Waals surface area contributed by atoms with Crippen molar-refractivity contribution in [3.8, 4) is 0 Å². The van der Waals surface area contributed by atoms with Crippen molar-refractivity contribution in [2.24, 2.45) is 0 Å². The average molecular weight is 150 g/mol. The van der Waals surface area contributed by atoms with Gasteiger partial charge >= 0.3 is 0 Å². The standard InChI is InChI=1S/C10H14O/c11-10-8-6-4-2-1-3-5-7-9-10/h2,4,7,9H,1,3,5-6,8H2/b4-2-,9-7-. The molecule has 0 fully saturated rings. The Morgan fingerprint density at radius 2 is 1.73 bits per heavy atom. The van der Waals surface area contributed by atoms with E-state index in [1.807, 2.05) is 6.08 Å². The lowest BCUT2D eigenvalue weighted by molar-refractivity contribution is -0.114. The largest absolute Gasteiger partial charge is 0.295 e. The number of allylic oxidation sites excluding steroid dienone is 4. The van der Waals surface area contributed by atoms with Crippen molar-refractivity contribution in [3.63, 3.8) is 0 Å². The van der Waals surface area contributed by atoms with Crippen LogP contribution in [0.15, 0.2) is 24.3 Å². The first-order valence-electron chi connectivity index (χ1n) is 4.24. The Balaban J connectivity index is 2.40. The van der Waals surface area contributed by atoms with Crippen LogP contribution in [0, 0.1) is 0 Å². The zero-order valence-electron chi connectivity index (χ0n) is 6.75. The Morgan fingerprint density at radius 1 is 1.00 bits per heavy atom. The number of ketones is 1. The number of hydrogen-bond acceptors (Lipinski definition) is 1. The van der Waals surface area contributed by atoms with E-state index in [0.29, 0.717) is 6.42 Å². The van der Waals surface area contributed by atoms with Gasteiger partial charge in [-0.1, -0.05) is 18.2 Å². The minimum absolute atomic E-state index is 0.261. The summed E-state index contributed by atoms with van der Waals surface area (Å²) in [6.07, 6.45) is 12.9. The maximum Gasteiger partial charge on any atom is 0.155 e. The molecule has 1 heteroatoms. The highest BCUT2D eigenvalue weighted by Crippen LogP contribution is 2.03. The predicted octanol–water partition coefficient (Wildman–Crippen LogP) is 2.63. The van der Waals surface area contributed by atoms with Crippen molar-refractivity contribution in [1.29, 1.82) is 0 Å². The zero-order valence-corrected chi connectivity index (χ0v) is 6.75. The molecule has 1 nitrogen and oxygen atoms in total. The van der Waals surface area contributed by atoms with E-state index in [1.165, 1.54) is 6.42 Å². The molecule has 1 rings (SSSR count). The molecule has 0 amide bonds. The predicted molar refractivity (Wildman–Crippen MR) is 46.4 cm³/mol. The SMILES string of the molecule is O=C1/C=C\CCC/C=C\CC1. The minimum atomic E-state index is 0.261. The molecule has 0 radical (unpaired) electrons. The van der Waals surface area contributed by atoms with Gasteiger partial charge in [0.15, 0.2) is 5.78 Å². The maximum atomic E-state index is 11.0. The molecule has 60 valence electrons. The van der Waals surface area contributed by atoms with E-state index in [2.05, 4.69) is 12.2 Å². The van der Waals surface area contributed by atoms with E-state index in [0.717, 1.165) is 19.3 Å². The van der Waals surface area contributed by atoms with Crippen molar-refractivity contribution in [1.82, 2.24) is 0 Å². The third kappa shape index (κ3) is 3.76. The fraction of sp³-hybridized carbons (Fsp3) is 0.500. The lowest BCUT2D eigenvalue weighted by Gasteiger charge is -1.95. The summed E-state index contributed by atoms with van der Waals surface area (Å²) in [5.41, 5.74) is 0. The van der Waals surface area contributed by atoms with E-state index < -0.39 is 0 Å². The monoisotopic (exact) mass is 150 g/mol. The van der Waals surface area contributed by atoms with Gasteiger partial charge in [-0.2, -0.15) is 0 Å². The van der Waals surface area contributed by atoms with Crippen molar-refractivity contribution in [2.45, 2.75) is 32.1 Å². The van der Waals surface area contributed by atoms with Crippen LogP contribution in [0.4, 0.5) is 0 Å². The fourth-order valence-electron chi connectivity index (χ4n) is 1.11. The summed E-state index contributed by atoms with van der Waals surface area (Å²) in [6, 6.07) is 0. The summed E-state index contributed by atoms with van der Waals surface area (Å²) in [4.78, 5) is 11.0. The van der Waals surface area contributed by atoms with Gasteiger partial charge in [0.05, 0.1) is 0 Å².